The number of methoxy groups -OCH3 is 1. The van der Waals surface area contributed by atoms with Gasteiger partial charge >= 0.3 is 0 Å². The molecule has 0 aliphatic rings. The lowest BCUT2D eigenvalue weighted by molar-refractivity contribution is 0.0759. The van der Waals surface area contributed by atoms with E-state index in [4.69, 9.17) is 15.2 Å². The first-order valence-corrected chi connectivity index (χ1v) is 5.58. The predicted molar refractivity (Wildman–Crippen MR) is 67.3 cm³/mol. The Hall–Kier alpha value is -1.93. The number of nitrogen functional groups attached to an aromatic ring is 1. The maximum atomic E-state index is 5.60. The number of aromatic nitrogens is 4. The van der Waals surface area contributed by atoms with Crippen LogP contribution in [-0.2, 0) is 9.47 Å². The molecular weight excluding hydrogens is 236 g/mol. The van der Waals surface area contributed by atoms with Crippen LogP contribution in [-0.4, -0.2) is 53.6 Å². The van der Waals surface area contributed by atoms with E-state index in [0.29, 0.717) is 37.8 Å². The first kappa shape index (κ1) is 12.5. The highest BCUT2D eigenvalue weighted by molar-refractivity contribution is 5.86. The van der Waals surface area contributed by atoms with Crippen molar-refractivity contribution in [1.29, 1.82) is 0 Å². The highest BCUT2D eigenvalue weighted by Crippen LogP contribution is 2.18. The van der Waals surface area contributed by atoms with Crippen molar-refractivity contribution in [2.24, 2.45) is 0 Å². The van der Waals surface area contributed by atoms with E-state index in [9.17, 15) is 0 Å². The first-order chi connectivity index (χ1) is 8.81. The molecule has 0 amide bonds. The molecule has 0 aliphatic heterocycles. The van der Waals surface area contributed by atoms with Crippen molar-refractivity contribution in [3.8, 4) is 0 Å². The van der Waals surface area contributed by atoms with Crippen LogP contribution in [0.1, 0.15) is 0 Å². The number of aromatic amines is 1. The molecule has 0 bridgehead atoms. The Morgan fingerprint density at radius 1 is 1.33 bits per heavy atom. The van der Waals surface area contributed by atoms with Crippen LogP contribution in [0, 0.1) is 0 Å². The third kappa shape index (κ3) is 3.05. The van der Waals surface area contributed by atoms with E-state index in [1.165, 1.54) is 0 Å². The Bertz CT molecular complexity index is 500. The predicted octanol–water partition coefficient (Wildman–Crippen LogP) is 0.0100. The second-order valence-corrected chi connectivity index (χ2v) is 3.59. The molecular formula is C10H16N6O2. The lowest BCUT2D eigenvalue weighted by Gasteiger charge is -2.07. The summed E-state index contributed by atoms with van der Waals surface area (Å²) in [5.41, 5.74) is 6.21. The monoisotopic (exact) mass is 252 g/mol. The van der Waals surface area contributed by atoms with E-state index in [0.717, 1.165) is 5.39 Å². The van der Waals surface area contributed by atoms with E-state index in [-0.39, 0.29) is 5.95 Å². The van der Waals surface area contributed by atoms with Gasteiger partial charge in [0.2, 0.25) is 5.95 Å². The molecule has 4 N–H and O–H groups in total. The van der Waals surface area contributed by atoms with E-state index in [1.807, 2.05) is 0 Å². The van der Waals surface area contributed by atoms with Crippen molar-refractivity contribution in [2.75, 3.05) is 44.5 Å². The summed E-state index contributed by atoms with van der Waals surface area (Å²) in [6, 6.07) is 0. The molecule has 0 atom stereocenters. The highest BCUT2D eigenvalue weighted by atomic mass is 16.5. The van der Waals surface area contributed by atoms with E-state index < -0.39 is 0 Å². The highest BCUT2D eigenvalue weighted by Gasteiger charge is 2.06. The van der Waals surface area contributed by atoms with Crippen LogP contribution in [0.4, 0.5) is 11.8 Å². The van der Waals surface area contributed by atoms with Crippen molar-refractivity contribution < 1.29 is 9.47 Å². The molecule has 0 spiro atoms. The molecule has 0 saturated carbocycles. The summed E-state index contributed by atoms with van der Waals surface area (Å²) < 4.78 is 10.2. The molecule has 0 unspecified atom stereocenters. The summed E-state index contributed by atoms with van der Waals surface area (Å²) in [5, 5.41) is 10.6. The summed E-state index contributed by atoms with van der Waals surface area (Å²) in [5.74, 6) is 0.858. The van der Waals surface area contributed by atoms with Gasteiger partial charge in [-0.2, -0.15) is 15.1 Å². The van der Waals surface area contributed by atoms with Gasteiger partial charge in [0.25, 0.3) is 0 Å². The zero-order chi connectivity index (χ0) is 12.8. The molecule has 0 aliphatic carbocycles. The number of nitrogens with two attached hydrogens (primary N) is 1. The molecule has 2 aromatic heterocycles. The largest absolute Gasteiger partial charge is 0.382 e. The summed E-state index contributed by atoms with van der Waals surface area (Å²) in [4.78, 5) is 8.15. The number of hydrogen-bond acceptors (Lipinski definition) is 7. The maximum absolute atomic E-state index is 5.60. The van der Waals surface area contributed by atoms with Crippen molar-refractivity contribution in [1.82, 2.24) is 20.2 Å². The van der Waals surface area contributed by atoms with Crippen LogP contribution in [0.3, 0.4) is 0 Å². The molecule has 2 rings (SSSR count). The third-order valence-electron chi connectivity index (χ3n) is 2.30. The van der Waals surface area contributed by atoms with Crippen LogP contribution in [0.25, 0.3) is 11.0 Å². The quantitative estimate of drug-likeness (QED) is 0.595. The average molecular weight is 252 g/mol. The molecule has 0 fully saturated rings. The van der Waals surface area contributed by atoms with Crippen molar-refractivity contribution in [2.45, 2.75) is 0 Å². The standard InChI is InChI=1S/C10H16N6O2/c1-17-4-5-18-3-2-12-8-7-6-13-16-9(7)15-10(11)14-8/h6H,2-5H2,1H3,(H4,11,12,13,14,15,16). The lowest BCUT2D eigenvalue weighted by Crippen LogP contribution is -2.13. The van der Waals surface area contributed by atoms with E-state index in [1.54, 1.807) is 13.3 Å². The zero-order valence-corrected chi connectivity index (χ0v) is 10.1. The van der Waals surface area contributed by atoms with E-state index >= 15 is 0 Å². The molecule has 2 heterocycles. The molecule has 0 aromatic carbocycles. The summed E-state index contributed by atoms with van der Waals surface area (Å²) in [7, 11) is 1.64. The van der Waals surface area contributed by atoms with Crippen LogP contribution < -0.4 is 11.1 Å². The fraction of sp³-hybridized carbons (Fsp3) is 0.500. The third-order valence-corrected chi connectivity index (χ3v) is 2.30. The first-order valence-electron chi connectivity index (χ1n) is 5.58. The van der Waals surface area contributed by atoms with Gasteiger partial charge in [-0.3, -0.25) is 5.10 Å². The van der Waals surface area contributed by atoms with Gasteiger partial charge in [0.1, 0.15) is 5.82 Å². The van der Waals surface area contributed by atoms with Gasteiger partial charge in [-0.1, -0.05) is 0 Å². The van der Waals surface area contributed by atoms with Crippen LogP contribution in [0.5, 0.6) is 0 Å². The summed E-state index contributed by atoms with van der Waals surface area (Å²) in [6.45, 7) is 2.35. The fourth-order valence-electron chi connectivity index (χ4n) is 1.47. The Morgan fingerprint density at radius 3 is 3.06 bits per heavy atom. The molecule has 2 aromatic rings. The molecule has 8 heteroatoms. The van der Waals surface area contributed by atoms with Gasteiger partial charge in [-0.25, -0.2) is 0 Å². The zero-order valence-electron chi connectivity index (χ0n) is 10.1. The van der Waals surface area contributed by atoms with Gasteiger partial charge in [0.15, 0.2) is 5.65 Å². The maximum Gasteiger partial charge on any atom is 0.224 e. The number of ether oxygens (including phenoxy) is 2. The van der Waals surface area contributed by atoms with Crippen LogP contribution in [0.15, 0.2) is 6.20 Å². The molecule has 18 heavy (non-hydrogen) atoms. The summed E-state index contributed by atoms with van der Waals surface area (Å²) >= 11 is 0. The Morgan fingerprint density at radius 2 is 2.22 bits per heavy atom. The topological polar surface area (TPSA) is 111 Å². The molecule has 8 nitrogen and oxygen atoms in total. The minimum atomic E-state index is 0.203. The fourth-order valence-corrected chi connectivity index (χ4v) is 1.47. The summed E-state index contributed by atoms with van der Waals surface area (Å²) in [6.07, 6.45) is 1.66. The van der Waals surface area contributed by atoms with Gasteiger partial charge in [-0.05, 0) is 0 Å². The van der Waals surface area contributed by atoms with Crippen LogP contribution in [0.2, 0.25) is 0 Å². The van der Waals surface area contributed by atoms with Gasteiger partial charge in [0, 0.05) is 13.7 Å². The number of fused-ring (bicyclic) bond motifs is 1. The normalized spacial score (nSPS) is 10.9. The second-order valence-electron chi connectivity index (χ2n) is 3.59. The van der Waals surface area contributed by atoms with Gasteiger partial charge in [0.05, 0.1) is 31.4 Å². The van der Waals surface area contributed by atoms with Crippen molar-refractivity contribution in [3.63, 3.8) is 0 Å². The average Bonchev–Trinajstić information content (AvgIpc) is 2.81. The van der Waals surface area contributed by atoms with E-state index in [2.05, 4.69) is 25.5 Å². The smallest absolute Gasteiger partial charge is 0.224 e. The Balaban J connectivity index is 1.89. The van der Waals surface area contributed by atoms with Crippen LogP contribution >= 0.6 is 0 Å². The number of H-pyrrole nitrogens is 1. The lowest BCUT2D eigenvalue weighted by atomic mass is 10.4. The number of nitrogens with zero attached hydrogens (tertiary/aromatic N) is 3. The van der Waals surface area contributed by atoms with Crippen molar-refractivity contribution >= 4 is 22.8 Å². The number of hydrogen-bond donors (Lipinski definition) is 3. The number of nitrogens with one attached hydrogen (secondary N) is 2. The SMILES string of the molecule is COCCOCCNc1nc(N)nc2[nH]ncc12. The molecule has 98 valence electrons. The minimum Gasteiger partial charge on any atom is -0.382 e. The molecule has 0 saturated heterocycles. The Labute approximate surface area is 104 Å². The van der Waals surface area contributed by atoms with Gasteiger partial charge in [-0.15, -0.1) is 0 Å². The van der Waals surface area contributed by atoms with Gasteiger partial charge < -0.3 is 20.5 Å². The molecule has 0 radical (unpaired) electrons. The Kier molecular flexibility index (Phi) is 4.26. The number of rotatable bonds is 7. The second kappa shape index (κ2) is 6.12. The number of anilines is 2. The van der Waals surface area contributed by atoms with Crippen molar-refractivity contribution in [3.05, 3.63) is 6.20 Å². The minimum absolute atomic E-state index is 0.203.